The molecule has 8 heteroatoms. The quantitative estimate of drug-likeness (QED) is 0.540. The molecule has 5 rings (SSSR count). The molecular formula is C19H12FN3O3S. The zero-order chi connectivity index (χ0) is 18.6. The molecule has 1 aliphatic rings. The minimum Gasteiger partial charge on any atom is -0.337 e. The number of rotatable bonds is 3. The summed E-state index contributed by atoms with van der Waals surface area (Å²) in [6, 6.07) is 16.3. The Bertz CT molecular complexity index is 1280. The van der Waals surface area contributed by atoms with Gasteiger partial charge in [-0.15, -0.1) is 0 Å². The van der Waals surface area contributed by atoms with Crippen LogP contribution in [0.5, 0.6) is 0 Å². The van der Waals surface area contributed by atoms with Gasteiger partial charge in [-0.2, -0.15) is 4.98 Å². The number of hydrogen-bond acceptors (Lipinski definition) is 5. The Labute approximate surface area is 153 Å². The average molecular weight is 381 g/mol. The van der Waals surface area contributed by atoms with Crippen molar-refractivity contribution in [1.82, 2.24) is 10.1 Å². The van der Waals surface area contributed by atoms with E-state index in [0.717, 1.165) is 5.39 Å². The van der Waals surface area contributed by atoms with Crippen LogP contribution in [-0.2, 0) is 16.6 Å². The lowest BCUT2D eigenvalue weighted by atomic mass is 10.1. The second-order valence-electron chi connectivity index (χ2n) is 6.16. The molecule has 1 aromatic heterocycles. The van der Waals surface area contributed by atoms with Gasteiger partial charge in [0.05, 0.1) is 10.6 Å². The number of anilines is 1. The summed E-state index contributed by atoms with van der Waals surface area (Å²) in [6.45, 7) is -0.0790. The first-order chi connectivity index (χ1) is 13.0. The molecule has 1 aliphatic heterocycles. The van der Waals surface area contributed by atoms with Crippen molar-refractivity contribution in [2.45, 2.75) is 11.4 Å². The molecule has 0 N–H and O–H groups in total. The fourth-order valence-electron chi connectivity index (χ4n) is 3.29. The number of aromatic nitrogens is 2. The smallest absolute Gasteiger partial charge is 0.265 e. The third-order valence-corrected chi connectivity index (χ3v) is 6.33. The minimum absolute atomic E-state index is 0.0790. The molecule has 0 radical (unpaired) electrons. The lowest BCUT2D eigenvalue weighted by molar-refractivity contribution is 0.380. The van der Waals surface area contributed by atoms with Crippen molar-refractivity contribution in [2.75, 3.05) is 4.31 Å². The Morgan fingerprint density at radius 1 is 1.00 bits per heavy atom. The van der Waals surface area contributed by atoms with Gasteiger partial charge in [-0.05, 0) is 41.8 Å². The predicted octanol–water partition coefficient (Wildman–Crippen LogP) is 3.74. The topological polar surface area (TPSA) is 76.3 Å². The summed E-state index contributed by atoms with van der Waals surface area (Å²) in [7, 11) is -3.70. The lowest BCUT2D eigenvalue weighted by Crippen LogP contribution is -2.26. The molecule has 0 bridgehead atoms. The molecule has 6 nitrogen and oxygen atoms in total. The van der Waals surface area contributed by atoms with E-state index >= 15 is 0 Å². The molecule has 0 saturated carbocycles. The second kappa shape index (κ2) is 5.62. The van der Waals surface area contributed by atoms with Gasteiger partial charge in [-0.3, -0.25) is 4.31 Å². The van der Waals surface area contributed by atoms with Gasteiger partial charge >= 0.3 is 0 Å². The average Bonchev–Trinajstić information content (AvgIpc) is 3.21. The Morgan fingerprint density at radius 2 is 1.74 bits per heavy atom. The van der Waals surface area contributed by atoms with Gasteiger partial charge in [0.2, 0.25) is 11.7 Å². The van der Waals surface area contributed by atoms with Crippen molar-refractivity contribution in [3.63, 3.8) is 0 Å². The van der Waals surface area contributed by atoms with Gasteiger partial charge in [-0.1, -0.05) is 29.4 Å². The Morgan fingerprint density at radius 3 is 2.52 bits per heavy atom. The van der Waals surface area contributed by atoms with Crippen LogP contribution in [0.4, 0.5) is 10.1 Å². The maximum absolute atomic E-state index is 13.1. The zero-order valence-corrected chi connectivity index (χ0v) is 14.6. The van der Waals surface area contributed by atoms with Crippen molar-refractivity contribution in [2.24, 2.45) is 0 Å². The van der Waals surface area contributed by atoms with Crippen molar-refractivity contribution in [3.05, 3.63) is 72.4 Å². The normalized spacial score (nSPS) is 14.8. The van der Waals surface area contributed by atoms with Crippen molar-refractivity contribution in [1.29, 1.82) is 0 Å². The highest BCUT2D eigenvalue weighted by atomic mass is 32.2. The van der Waals surface area contributed by atoms with Crippen molar-refractivity contribution >= 4 is 26.5 Å². The van der Waals surface area contributed by atoms with E-state index in [1.165, 1.54) is 28.6 Å². The molecule has 4 aromatic rings. The van der Waals surface area contributed by atoms with Crippen LogP contribution in [-0.4, -0.2) is 18.6 Å². The van der Waals surface area contributed by atoms with Gasteiger partial charge in [0.15, 0.2) is 0 Å². The Balaban J connectivity index is 1.54. The van der Waals surface area contributed by atoms with E-state index in [9.17, 15) is 12.8 Å². The van der Waals surface area contributed by atoms with E-state index in [4.69, 9.17) is 4.52 Å². The maximum atomic E-state index is 13.1. The van der Waals surface area contributed by atoms with Crippen LogP contribution in [0.2, 0.25) is 0 Å². The monoisotopic (exact) mass is 381 g/mol. The highest BCUT2D eigenvalue weighted by molar-refractivity contribution is 7.93. The first-order valence-corrected chi connectivity index (χ1v) is 9.61. The van der Waals surface area contributed by atoms with E-state index < -0.39 is 10.0 Å². The van der Waals surface area contributed by atoms with Gasteiger partial charge in [-0.25, -0.2) is 12.8 Å². The Hall–Kier alpha value is -3.26. The SMILES string of the molecule is O=S1(=O)c2cccc3cccc(c23)N1Cc1nc(-c2ccc(F)cc2)no1. The van der Waals surface area contributed by atoms with Gasteiger partial charge in [0, 0.05) is 10.9 Å². The molecule has 0 aliphatic carbocycles. The molecule has 0 spiro atoms. The summed E-state index contributed by atoms with van der Waals surface area (Å²) in [5.41, 5.74) is 1.17. The van der Waals surface area contributed by atoms with Crippen LogP contribution in [0.1, 0.15) is 5.89 Å². The van der Waals surface area contributed by atoms with Gasteiger partial charge in [0.1, 0.15) is 12.4 Å². The largest absolute Gasteiger partial charge is 0.337 e. The Kier molecular flexibility index (Phi) is 3.32. The van der Waals surface area contributed by atoms with Gasteiger partial charge in [0.25, 0.3) is 10.0 Å². The van der Waals surface area contributed by atoms with Crippen LogP contribution >= 0.6 is 0 Å². The molecule has 0 saturated heterocycles. The standard InChI is InChI=1S/C19H12FN3O3S/c20-14-9-7-13(8-10-14)19-21-17(26-22-19)11-23-15-5-1-3-12-4-2-6-16(18(12)15)27(23,24)25/h1-10H,11H2. The molecule has 134 valence electrons. The number of halogens is 1. The van der Waals surface area contributed by atoms with Gasteiger partial charge < -0.3 is 4.52 Å². The summed E-state index contributed by atoms with van der Waals surface area (Å²) >= 11 is 0. The molecule has 27 heavy (non-hydrogen) atoms. The highest BCUT2D eigenvalue weighted by Crippen LogP contribution is 2.42. The molecule has 2 heterocycles. The van der Waals surface area contributed by atoms with E-state index in [0.29, 0.717) is 16.6 Å². The summed E-state index contributed by atoms with van der Waals surface area (Å²) in [5.74, 6) is 0.0662. The lowest BCUT2D eigenvalue weighted by Gasteiger charge is -2.16. The van der Waals surface area contributed by atoms with Crippen LogP contribution in [0, 0.1) is 5.82 Å². The summed E-state index contributed by atoms with van der Waals surface area (Å²) in [4.78, 5) is 4.53. The van der Waals surface area contributed by atoms with Crippen LogP contribution in [0.25, 0.3) is 22.2 Å². The van der Waals surface area contributed by atoms with E-state index in [1.807, 2.05) is 18.2 Å². The first kappa shape index (κ1) is 16.0. The third kappa shape index (κ3) is 2.41. The van der Waals surface area contributed by atoms with Crippen LogP contribution < -0.4 is 4.31 Å². The molecule has 0 fully saturated rings. The van der Waals surface area contributed by atoms with E-state index in [2.05, 4.69) is 10.1 Å². The summed E-state index contributed by atoms with van der Waals surface area (Å²) in [6.07, 6.45) is 0. The number of hydrogen-bond donors (Lipinski definition) is 0. The van der Waals surface area contributed by atoms with E-state index in [-0.39, 0.29) is 29.0 Å². The third-order valence-electron chi connectivity index (χ3n) is 4.53. The summed E-state index contributed by atoms with van der Waals surface area (Å²) in [5, 5.41) is 5.42. The fourth-order valence-corrected chi connectivity index (χ4v) is 4.95. The van der Waals surface area contributed by atoms with Crippen molar-refractivity contribution in [3.8, 4) is 11.4 Å². The molecule has 0 unspecified atom stereocenters. The fraction of sp³-hybridized carbons (Fsp3) is 0.0526. The zero-order valence-electron chi connectivity index (χ0n) is 13.8. The van der Waals surface area contributed by atoms with Crippen molar-refractivity contribution < 1.29 is 17.3 Å². The van der Waals surface area contributed by atoms with E-state index in [1.54, 1.807) is 18.2 Å². The molecular weight excluding hydrogens is 369 g/mol. The second-order valence-corrected chi connectivity index (χ2v) is 7.99. The number of benzene rings is 3. The molecule has 3 aromatic carbocycles. The summed E-state index contributed by atoms with van der Waals surface area (Å²) < 4.78 is 45.5. The molecule has 0 atom stereocenters. The minimum atomic E-state index is -3.70. The first-order valence-electron chi connectivity index (χ1n) is 8.17. The number of nitrogens with zero attached hydrogens (tertiary/aromatic N) is 3. The maximum Gasteiger partial charge on any atom is 0.265 e. The predicted molar refractivity (Wildman–Crippen MR) is 97.0 cm³/mol. The van der Waals surface area contributed by atoms with Crippen LogP contribution in [0.3, 0.4) is 0 Å². The number of sulfonamides is 1. The van der Waals surface area contributed by atoms with Crippen LogP contribution in [0.15, 0.2) is 70.1 Å². The molecule has 0 amide bonds. The highest BCUT2D eigenvalue weighted by Gasteiger charge is 2.36.